The maximum atomic E-state index is 13.8. The lowest BCUT2D eigenvalue weighted by Gasteiger charge is -2.29. The Labute approximate surface area is 374 Å². The molecule has 1 aromatic heterocycles. The Bertz CT molecular complexity index is 1990. The largest absolute Gasteiger partial charge is 0.480 e. The predicted molar refractivity (Wildman–Crippen MR) is 220 cm³/mol. The van der Waals surface area contributed by atoms with Crippen LogP contribution in [0.25, 0.3) is 0 Å². The summed E-state index contributed by atoms with van der Waals surface area (Å²) in [7, 11) is 1.14. The number of carbonyl (C=O) groups excluding carboxylic acids is 7. The number of carboxylic acids is 1. The number of carbonyl (C=O) groups is 8. The highest BCUT2D eigenvalue weighted by atomic mass is 32.2. The Morgan fingerprint density at radius 2 is 1.15 bits per heavy atom. The summed E-state index contributed by atoms with van der Waals surface area (Å²) in [5, 5.41) is 89.1. The molecule has 7 amide bonds. The number of nitrogens with two attached hydrogens (primary N) is 1. The molecule has 14 N–H and O–H groups in total. The standard InChI is InChI=1S/C36H58N10O18S/c1-17(48)44(62)12-5-8-20(37)30(55)38-21(9-6-13-45(63)18(2)49)31(56)39-22(10-7-14-46(64)19(3)50)32(57)40-23(16-47)33(58)41-25(35(59)60)26(52)29-27(53)28(54)34(65-29)43-15-11-24(51)42(4)36(43)61/h11,15,20-23,25-29,34,47,52-54,62-64H,5-10,12-14,16,37H2,1-4H3,(H,38,55)(H,39,56)(H,40,57)(H,41,58)(H,59,60). The lowest BCUT2D eigenvalue weighted by Crippen LogP contribution is -2.61. The number of aliphatic hydroxyl groups excluding tert-OH is 4. The summed E-state index contributed by atoms with van der Waals surface area (Å²) in [4.78, 5) is 125. The van der Waals surface area contributed by atoms with Crippen LogP contribution < -0.4 is 38.2 Å². The molecule has 0 saturated carbocycles. The van der Waals surface area contributed by atoms with Crippen molar-refractivity contribution < 1.29 is 79.5 Å². The third-order valence-corrected chi connectivity index (χ3v) is 11.8. The second kappa shape index (κ2) is 25.8. The average molecular weight is 951 g/mol. The van der Waals surface area contributed by atoms with E-state index >= 15 is 0 Å². The third kappa shape index (κ3) is 16.1. The number of aromatic nitrogens is 2. The molecule has 1 fully saturated rings. The molecule has 0 aliphatic carbocycles. The number of nitrogens with one attached hydrogen (secondary N) is 4. The van der Waals surface area contributed by atoms with Gasteiger partial charge in [0, 0.05) is 59.7 Å². The zero-order chi connectivity index (χ0) is 49.5. The highest BCUT2D eigenvalue weighted by Gasteiger charge is 2.50. The second-order valence-electron chi connectivity index (χ2n) is 15.0. The van der Waals surface area contributed by atoms with Crippen LogP contribution in [0.1, 0.15) is 64.7 Å². The summed E-state index contributed by atoms with van der Waals surface area (Å²) in [6.45, 7) is 1.11. The van der Waals surface area contributed by atoms with Gasteiger partial charge in [-0.3, -0.25) is 63.1 Å². The van der Waals surface area contributed by atoms with Crippen molar-refractivity contribution >= 4 is 59.1 Å². The molecule has 1 aliphatic rings. The van der Waals surface area contributed by atoms with Crippen LogP contribution in [0.5, 0.6) is 0 Å². The minimum absolute atomic E-state index is 0.0572. The lowest BCUT2D eigenvalue weighted by molar-refractivity contribution is -0.163. The normalized spacial score (nSPS) is 19.6. The maximum absolute atomic E-state index is 13.8. The molecule has 10 unspecified atom stereocenters. The smallest absolute Gasteiger partial charge is 0.331 e. The molecule has 0 bridgehead atoms. The number of thioether (sulfide) groups is 1. The van der Waals surface area contributed by atoms with Crippen LogP contribution in [0.4, 0.5) is 0 Å². The number of nitrogens with zero attached hydrogens (tertiary/aromatic N) is 5. The Kier molecular flexibility index (Phi) is 22.1. The Hall–Kier alpha value is -5.53. The molecule has 1 saturated heterocycles. The molecule has 28 nitrogen and oxygen atoms in total. The van der Waals surface area contributed by atoms with Gasteiger partial charge in [0.25, 0.3) is 5.56 Å². The van der Waals surface area contributed by atoms with E-state index in [1.54, 1.807) is 0 Å². The van der Waals surface area contributed by atoms with Gasteiger partial charge < -0.3 is 52.5 Å². The molecular weight excluding hydrogens is 893 g/mol. The summed E-state index contributed by atoms with van der Waals surface area (Å²) >= 11 is 0.552. The first kappa shape index (κ1) is 55.6. The lowest BCUT2D eigenvalue weighted by atomic mass is 10.00. The van der Waals surface area contributed by atoms with E-state index in [1.165, 1.54) is 0 Å². The van der Waals surface area contributed by atoms with E-state index in [0.29, 0.717) is 31.5 Å². The van der Waals surface area contributed by atoms with E-state index in [-0.39, 0.29) is 58.2 Å². The zero-order valence-electron chi connectivity index (χ0n) is 35.9. The summed E-state index contributed by atoms with van der Waals surface area (Å²) in [6, 6.07) is -7.79. The van der Waals surface area contributed by atoms with Gasteiger partial charge in [0.15, 0.2) is 6.04 Å². The first-order valence-corrected chi connectivity index (χ1v) is 21.0. The van der Waals surface area contributed by atoms with Crippen LogP contribution in [-0.2, 0) is 45.4 Å². The van der Waals surface area contributed by atoms with Gasteiger partial charge in [0.2, 0.25) is 41.4 Å². The van der Waals surface area contributed by atoms with Gasteiger partial charge in [-0.1, -0.05) is 0 Å². The number of aliphatic hydroxyl groups is 4. The molecule has 1 aromatic rings. The molecule has 0 spiro atoms. The molecule has 10 atom stereocenters. The minimum Gasteiger partial charge on any atom is -0.480 e. The monoisotopic (exact) mass is 950 g/mol. The summed E-state index contributed by atoms with van der Waals surface area (Å²) < 4.78 is 1.57. The van der Waals surface area contributed by atoms with Gasteiger partial charge in [-0.05, 0) is 38.5 Å². The average Bonchev–Trinajstić information content (AvgIpc) is 3.54. The van der Waals surface area contributed by atoms with E-state index in [2.05, 4.69) is 16.0 Å². The fourth-order valence-corrected chi connectivity index (χ4v) is 7.80. The van der Waals surface area contributed by atoms with Gasteiger partial charge in [-0.25, -0.2) is 24.8 Å². The van der Waals surface area contributed by atoms with Crippen molar-refractivity contribution in [2.45, 2.75) is 118 Å². The van der Waals surface area contributed by atoms with Crippen molar-refractivity contribution in [1.29, 1.82) is 0 Å². The fraction of sp³-hybridized carbons (Fsp3) is 0.667. The van der Waals surface area contributed by atoms with Gasteiger partial charge in [-0.15, -0.1) is 11.8 Å². The van der Waals surface area contributed by atoms with Gasteiger partial charge in [-0.2, -0.15) is 0 Å². The Balaban J connectivity index is 2.33. The molecule has 65 heavy (non-hydrogen) atoms. The van der Waals surface area contributed by atoms with Gasteiger partial charge >= 0.3 is 11.7 Å². The van der Waals surface area contributed by atoms with E-state index in [1.807, 2.05) is 5.32 Å². The van der Waals surface area contributed by atoms with Crippen molar-refractivity contribution in [2.75, 3.05) is 26.2 Å². The van der Waals surface area contributed by atoms with Crippen LogP contribution in [0.15, 0.2) is 21.9 Å². The zero-order valence-corrected chi connectivity index (χ0v) is 36.7. The van der Waals surface area contributed by atoms with Gasteiger partial charge in [0.05, 0.1) is 30.1 Å². The number of hydrogen-bond donors (Lipinski definition) is 13. The summed E-state index contributed by atoms with van der Waals surface area (Å²) in [5.41, 5.74) is 4.37. The third-order valence-electron chi connectivity index (χ3n) is 10.1. The molecular formula is C36H58N10O18S. The van der Waals surface area contributed by atoms with E-state index in [9.17, 15) is 89.1 Å². The van der Waals surface area contributed by atoms with Crippen LogP contribution in [-0.4, -0.2) is 193 Å². The number of aliphatic carboxylic acids is 1. The number of hydrogen-bond acceptors (Lipinski definition) is 19. The van der Waals surface area contributed by atoms with Crippen molar-refractivity contribution in [1.82, 2.24) is 45.6 Å². The second-order valence-corrected chi connectivity index (χ2v) is 16.3. The van der Waals surface area contributed by atoms with E-state index < -0.39 is 124 Å². The number of rotatable bonds is 25. The fourth-order valence-electron chi connectivity index (χ4n) is 6.23. The SMILES string of the molecule is CC(=O)N(O)CCCC(N)C(=O)NC(CCCN(O)C(C)=O)C(=O)NC(CCCN(O)C(C)=O)C(=O)NC(CO)C(=O)NC(C(=O)O)C(O)C1SC(n2ccc(=O)n(C)c2=O)C(O)C1O. The highest BCUT2D eigenvalue weighted by Crippen LogP contribution is 2.43. The molecule has 0 aromatic carbocycles. The quantitative estimate of drug-likeness (QED) is 0.0320. The summed E-state index contributed by atoms with van der Waals surface area (Å²) in [5.74, 6) is -8.65. The molecule has 366 valence electrons. The molecule has 2 heterocycles. The highest BCUT2D eigenvalue weighted by molar-refractivity contribution is 8.00. The Morgan fingerprint density at radius 3 is 1.60 bits per heavy atom. The number of amides is 7. The molecule has 0 radical (unpaired) electrons. The van der Waals surface area contributed by atoms with Crippen LogP contribution in [0.2, 0.25) is 0 Å². The number of carboxylic acid groups (broad SMARTS) is 1. The maximum Gasteiger partial charge on any atom is 0.331 e. The first-order valence-electron chi connectivity index (χ1n) is 20.0. The van der Waals surface area contributed by atoms with Crippen molar-refractivity contribution in [2.24, 2.45) is 12.8 Å². The van der Waals surface area contributed by atoms with Crippen LogP contribution in [0.3, 0.4) is 0 Å². The first-order chi connectivity index (χ1) is 30.3. The Morgan fingerprint density at radius 1 is 0.723 bits per heavy atom. The predicted octanol–water partition coefficient (Wildman–Crippen LogP) is -6.36. The van der Waals surface area contributed by atoms with E-state index in [0.717, 1.165) is 44.6 Å². The molecule has 29 heteroatoms. The minimum atomic E-state index is -2.29. The van der Waals surface area contributed by atoms with Crippen molar-refractivity contribution in [3.8, 4) is 0 Å². The summed E-state index contributed by atoms with van der Waals surface area (Å²) in [6.07, 6.45) is -5.87. The van der Waals surface area contributed by atoms with Crippen molar-refractivity contribution in [3.63, 3.8) is 0 Å². The van der Waals surface area contributed by atoms with Crippen LogP contribution >= 0.6 is 11.8 Å². The van der Waals surface area contributed by atoms with Gasteiger partial charge in [0.1, 0.15) is 29.6 Å². The topological polar surface area (TPSA) is 426 Å². The molecule has 1 aliphatic heterocycles. The van der Waals surface area contributed by atoms with Crippen molar-refractivity contribution in [3.05, 3.63) is 33.1 Å². The molecule has 2 rings (SSSR count). The van der Waals surface area contributed by atoms with E-state index in [4.69, 9.17) is 5.73 Å². The number of hydroxylamine groups is 6. The van der Waals surface area contributed by atoms with Crippen LogP contribution in [0, 0.1) is 0 Å².